The van der Waals surface area contributed by atoms with E-state index in [-0.39, 0.29) is 17.4 Å². The first-order chi connectivity index (χ1) is 14.7. The normalized spacial score (nSPS) is 13.3. The fraction of sp³-hybridized carbons (Fsp3) is 0.304. The number of aryl methyl sites for hydroxylation is 2. The van der Waals surface area contributed by atoms with E-state index in [2.05, 4.69) is 15.9 Å². The molecular weight excluding hydrogens is 460 g/mol. The van der Waals surface area contributed by atoms with Crippen LogP contribution < -0.4 is 11.2 Å². The Kier molecular flexibility index (Phi) is 5.31. The maximum absolute atomic E-state index is 13.1. The third-order valence-corrected chi connectivity index (χ3v) is 6.58. The second kappa shape index (κ2) is 7.82. The summed E-state index contributed by atoms with van der Waals surface area (Å²) in [6.07, 6.45) is 2.96. The molecule has 0 radical (unpaired) electrons. The van der Waals surface area contributed by atoms with Gasteiger partial charge in [0.1, 0.15) is 11.6 Å². The first-order valence-corrected chi connectivity index (χ1v) is 10.8. The Morgan fingerprint density at radius 2 is 1.90 bits per heavy atom. The molecule has 8 heteroatoms. The lowest BCUT2D eigenvalue weighted by molar-refractivity contribution is 0.0967. The molecule has 7 nitrogen and oxygen atoms in total. The number of aromatic nitrogens is 3. The SMILES string of the molecule is Cc1cc(-n2c(C)cc(C(=O)Cn3c(=O)c(C#N)cn(C4CC4)c3=O)c2C)ccc1Br. The number of benzene rings is 1. The molecule has 2 heterocycles. The molecule has 0 saturated heterocycles. The number of carbonyl (C=O) groups excluding carboxylic acids is 1. The van der Waals surface area contributed by atoms with E-state index >= 15 is 0 Å². The van der Waals surface area contributed by atoms with Gasteiger partial charge in [0.25, 0.3) is 5.56 Å². The fourth-order valence-corrected chi connectivity index (χ4v) is 4.14. The van der Waals surface area contributed by atoms with Crippen LogP contribution in [0, 0.1) is 32.1 Å². The van der Waals surface area contributed by atoms with Gasteiger partial charge >= 0.3 is 5.69 Å². The molecule has 0 aliphatic heterocycles. The fourth-order valence-electron chi connectivity index (χ4n) is 3.89. The van der Waals surface area contributed by atoms with Gasteiger partial charge in [-0.1, -0.05) is 15.9 Å². The molecule has 31 heavy (non-hydrogen) atoms. The molecule has 1 aromatic carbocycles. The van der Waals surface area contributed by atoms with Gasteiger partial charge in [-0.2, -0.15) is 5.26 Å². The third kappa shape index (κ3) is 3.70. The first-order valence-electron chi connectivity index (χ1n) is 9.97. The van der Waals surface area contributed by atoms with Crippen molar-refractivity contribution >= 4 is 21.7 Å². The summed E-state index contributed by atoms with van der Waals surface area (Å²) in [6.45, 7) is 5.34. The van der Waals surface area contributed by atoms with Crippen LogP contribution in [0.4, 0.5) is 0 Å². The minimum atomic E-state index is -0.727. The molecule has 0 amide bonds. The van der Waals surface area contributed by atoms with Gasteiger partial charge in [0.15, 0.2) is 5.78 Å². The molecule has 1 fully saturated rings. The number of carbonyl (C=O) groups is 1. The van der Waals surface area contributed by atoms with E-state index < -0.39 is 17.8 Å². The van der Waals surface area contributed by atoms with Gasteiger partial charge in [-0.15, -0.1) is 0 Å². The summed E-state index contributed by atoms with van der Waals surface area (Å²) in [5.41, 5.74) is 2.65. The van der Waals surface area contributed by atoms with Crippen molar-refractivity contribution in [2.75, 3.05) is 0 Å². The highest BCUT2D eigenvalue weighted by atomic mass is 79.9. The van der Waals surface area contributed by atoms with E-state index in [1.54, 1.807) is 6.07 Å². The molecule has 158 valence electrons. The Morgan fingerprint density at radius 1 is 1.19 bits per heavy atom. The van der Waals surface area contributed by atoms with Crippen molar-refractivity contribution in [3.05, 3.63) is 83.9 Å². The number of ketones is 1. The van der Waals surface area contributed by atoms with Crippen molar-refractivity contribution in [1.82, 2.24) is 13.7 Å². The summed E-state index contributed by atoms with van der Waals surface area (Å²) in [5, 5.41) is 9.29. The molecule has 2 aromatic heterocycles. The van der Waals surface area contributed by atoms with Crippen LogP contribution in [0.15, 0.2) is 44.5 Å². The van der Waals surface area contributed by atoms with Gasteiger partial charge < -0.3 is 4.57 Å². The first kappa shape index (κ1) is 21.1. The van der Waals surface area contributed by atoms with E-state index in [1.165, 1.54) is 10.8 Å². The lowest BCUT2D eigenvalue weighted by atomic mass is 10.1. The summed E-state index contributed by atoms with van der Waals surface area (Å²) in [4.78, 5) is 38.5. The number of rotatable bonds is 5. The predicted molar refractivity (Wildman–Crippen MR) is 120 cm³/mol. The van der Waals surface area contributed by atoms with Crippen LogP contribution in [0.5, 0.6) is 0 Å². The number of hydrogen-bond acceptors (Lipinski definition) is 4. The number of nitrogens with zero attached hydrogens (tertiary/aromatic N) is 4. The molecule has 0 atom stereocenters. The molecule has 1 aliphatic carbocycles. The molecule has 0 unspecified atom stereocenters. The van der Waals surface area contributed by atoms with Crippen molar-refractivity contribution in [2.45, 2.75) is 46.2 Å². The van der Waals surface area contributed by atoms with Crippen LogP contribution >= 0.6 is 15.9 Å². The van der Waals surface area contributed by atoms with E-state index in [0.29, 0.717) is 5.56 Å². The predicted octanol–water partition coefficient (Wildman–Crippen LogP) is 3.58. The van der Waals surface area contributed by atoms with Crippen molar-refractivity contribution in [1.29, 1.82) is 5.26 Å². The minimum Gasteiger partial charge on any atom is -0.318 e. The van der Waals surface area contributed by atoms with Crippen LogP contribution in [-0.4, -0.2) is 19.5 Å². The summed E-state index contributed by atoms with van der Waals surface area (Å²) in [5.74, 6) is -0.343. The lowest BCUT2D eigenvalue weighted by Gasteiger charge is -2.12. The van der Waals surface area contributed by atoms with Crippen LogP contribution in [0.2, 0.25) is 0 Å². The van der Waals surface area contributed by atoms with Crippen molar-refractivity contribution in [2.24, 2.45) is 0 Å². The smallest absolute Gasteiger partial charge is 0.318 e. The van der Waals surface area contributed by atoms with Gasteiger partial charge in [0, 0.05) is 39.4 Å². The minimum absolute atomic E-state index is 0.00717. The molecule has 0 bridgehead atoms. The van der Waals surface area contributed by atoms with E-state index in [9.17, 15) is 19.6 Å². The van der Waals surface area contributed by atoms with Crippen molar-refractivity contribution in [3.63, 3.8) is 0 Å². The standard InChI is InChI=1S/C23H21BrN4O3/c1-13-8-18(6-7-20(13)24)28-14(2)9-19(15(28)3)21(29)12-27-22(30)16(10-25)11-26(23(27)31)17-4-5-17/h6-9,11,17H,4-5,12H2,1-3H3. The van der Waals surface area contributed by atoms with Crippen LogP contribution in [-0.2, 0) is 6.54 Å². The summed E-state index contributed by atoms with van der Waals surface area (Å²) < 4.78 is 5.26. The second-order valence-corrected chi connectivity index (χ2v) is 8.80. The molecular formula is C23H21BrN4O3. The van der Waals surface area contributed by atoms with Crippen LogP contribution in [0.3, 0.4) is 0 Å². The number of nitriles is 1. The molecule has 0 N–H and O–H groups in total. The highest BCUT2D eigenvalue weighted by molar-refractivity contribution is 9.10. The van der Waals surface area contributed by atoms with Gasteiger partial charge in [-0.3, -0.25) is 18.7 Å². The Balaban J connectivity index is 1.75. The van der Waals surface area contributed by atoms with Crippen molar-refractivity contribution in [3.8, 4) is 11.8 Å². The zero-order chi connectivity index (χ0) is 22.4. The Labute approximate surface area is 187 Å². The number of hydrogen-bond donors (Lipinski definition) is 0. The average Bonchev–Trinajstić information content (AvgIpc) is 3.52. The van der Waals surface area contributed by atoms with Gasteiger partial charge in [-0.25, -0.2) is 4.79 Å². The summed E-state index contributed by atoms with van der Waals surface area (Å²) in [7, 11) is 0. The van der Waals surface area contributed by atoms with E-state index in [1.807, 2.05) is 49.6 Å². The highest BCUT2D eigenvalue weighted by Gasteiger charge is 2.28. The monoisotopic (exact) mass is 480 g/mol. The zero-order valence-electron chi connectivity index (χ0n) is 17.5. The Morgan fingerprint density at radius 3 is 2.52 bits per heavy atom. The van der Waals surface area contributed by atoms with Gasteiger partial charge in [-0.05, 0) is 63.4 Å². The van der Waals surface area contributed by atoms with E-state index in [4.69, 9.17) is 0 Å². The van der Waals surface area contributed by atoms with Crippen LogP contribution in [0.25, 0.3) is 5.69 Å². The number of Topliss-reactive ketones (excluding diaryl/α,β-unsaturated/α-hetero) is 1. The topological polar surface area (TPSA) is 89.8 Å². The maximum Gasteiger partial charge on any atom is 0.331 e. The maximum atomic E-state index is 13.1. The quantitative estimate of drug-likeness (QED) is 0.521. The summed E-state index contributed by atoms with van der Waals surface area (Å²) in [6, 6.07) is 9.54. The lowest BCUT2D eigenvalue weighted by Crippen LogP contribution is -2.42. The molecule has 1 aliphatic rings. The average molecular weight is 481 g/mol. The van der Waals surface area contributed by atoms with Gasteiger partial charge in [0.05, 0.1) is 6.54 Å². The molecule has 0 spiro atoms. The van der Waals surface area contributed by atoms with Crippen molar-refractivity contribution < 1.29 is 4.79 Å². The Bertz CT molecular complexity index is 1380. The second-order valence-electron chi connectivity index (χ2n) is 7.94. The molecule has 3 aromatic rings. The molecule has 1 saturated carbocycles. The Hall–Kier alpha value is -3.18. The van der Waals surface area contributed by atoms with Crippen LogP contribution in [0.1, 0.15) is 51.8 Å². The molecule has 4 rings (SSSR count). The van der Waals surface area contributed by atoms with E-state index in [0.717, 1.165) is 44.5 Å². The number of halogens is 1. The summed E-state index contributed by atoms with van der Waals surface area (Å²) >= 11 is 3.50. The zero-order valence-corrected chi connectivity index (χ0v) is 19.1. The highest BCUT2D eigenvalue weighted by Crippen LogP contribution is 2.33. The largest absolute Gasteiger partial charge is 0.331 e. The third-order valence-electron chi connectivity index (χ3n) is 5.69. The van der Waals surface area contributed by atoms with Gasteiger partial charge in [0.2, 0.25) is 0 Å².